The molecule has 0 bridgehead atoms. The molecule has 2 aromatic rings. The van der Waals surface area contributed by atoms with Gasteiger partial charge in [0, 0.05) is 29.1 Å². The van der Waals surface area contributed by atoms with Gasteiger partial charge in [-0.05, 0) is 55.2 Å². The Morgan fingerprint density at radius 3 is 2.60 bits per heavy atom. The first-order chi connectivity index (χ1) is 14.3. The number of hydrogen-bond acceptors (Lipinski definition) is 7. The maximum absolute atomic E-state index is 6.02. The maximum atomic E-state index is 6.02. The largest absolute Gasteiger partial charge is 0.400 e. The molecule has 30 heavy (non-hydrogen) atoms. The van der Waals surface area contributed by atoms with Crippen molar-refractivity contribution in [2.45, 2.75) is 72.0 Å². The van der Waals surface area contributed by atoms with Crippen molar-refractivity contribution in [3.63, 3.8) is 0 Å². The van der Waals surface area contributed by atoms with Crippen molar-refractivity contribution in [2.24, 2.45) is 16.6 Å². The molecule has 6 nitrogen and oxygen atoms in total. The van der Waals surface area contributed by atoms with Crippen LogP contribution in [0, 0.1) is 5.92 Å². The average Bonchev–Trinajstić information content (AvgIpc) is 2.73. The van der Waals surface area contributed by atoms with Gasteiger partial charge in [0.05, 0.1) is 11.9 Å². The van der Waals surface area contributed by atoms with Crippen molar-refractivity contribution >= 4 is 18.0 Å². The second-order valence-electron chi connectivity index (χ2n) is 8.11. The van der Waals surface area contributed by atoms with Crippen molar-refractivity contribution in [3.05, 3.63) is 58.0 Å². The monoisotopic (exact) mass is 426 g/mol. The lowest BCUT2D eigenvalue weighted by Gasteiger charge is -2.13. The highest BCUT2D eigenvalue weighted by molar-refractivity contribution is 8.02. The third-order valence-corrected chi connectivity index (χ3v) is 6.07. The fraction of sp³-hybridized carbons (Fsp3) is 0.522. The van der Waals surface area contributed by atoms with Crippen LogP contribution in [-0.2, 0) is 12.2 Å². The van der Waals surface area contributed by atoms with Crippen molar-refractivity contribution in [1.29, 1.82) is 0 Å². The quantitative estimate of drug-likeness (QED) is 0.523. The van der Waals surface area contributed by atoms with Gasteiger partial charge in [-0.25, -0.2) is 9.97 Å². The lowest BCUT2D eigenvalue weighted by atomic mass is 9.96. The van der Waals surface area contributed by atoms with Crippen molar-refractivity contribution in [3.8, 4) is 0 Å². The zero-order chi connectivity index (χ0) is 22.1. The molecule has 2 atom stereocenters. The van der Waals surface area contributed by atoms with Crippen LogP contribution in [0.2, 0.25) is 0 Å². The molecule has 2 heterocycles. The van der Waals surface area contributed by atoms with E-state index in [1.165, 1.54) is 0 Å². The molecule has 0 saturated carbocycles. The summed E-state index contributed by atoms with van der Waals surface area (Å²) in [6.45, 7) is 12.7. The van der Waals surface area contributed by atoms with Crippen LogP contribution >= 0.6 is 11.8 Å². The first-order valence-electron chi connectivity index (χ1n) is 10.6. The van der Waals surface area contributed by atoms with Crippen molar-refractivity contribution in [1.82, 2.24) is 20.2 Å². The molecular formula is C23H34N6S. The molecule has 2 N–H and O–H groups in total. The van der Waals surface area contributed by atoms with Gasteiger partial charge in [-0.2, -0.15) is 10.2 Å². The van der Waals surface area contributed by atoms with Gasteiger partial charge < -0.3 is 5.73 Å². The Morgan fingerprint density at radius 1 is 1.17 bits per heavy atom. The van der Waals surface area contributed by atoms with Gasteiger partial charge in [0.2, 0.25) is 0 Å². The molecule has 0 spiro atoms. The predicted molar refractivity (Wildman–Crippen MR) is 126 cm³/mol. The van der Waals surface area contributed by atoms with E-state index in [-0.39, 0.29) is 5.92 Å². The number of aliphatic imine (C=N–C) groups is 1. The van der Waals surface area contributed by atoms with Crippen LogP contribution in [0.5, 0.6) is 0 Å². The molecule has 0 aromatic carbocycles. The van der Waals surface area contributed by atoms with Crippen LogP contribution in [0.25, 0.3) is 0 Å². The number of thioether (sulfide) groups is 1. The Kier molecular flexibility index (Phi) is 9.43. The van der Waals surface area contributed by atoms with E-state index in [1.54, 1.807) is 18.1 Å². The van der Waals surface area contributed by atoms with E-state index in [9.17, 15) is 0 Å². The van der Waals surface area contributed by atoms with Gasteiger partial charge in [-0.15, -0.1) is 0 Å². The second kappa shape index (κ2) is 11.8. The highest BCUT2D eigenvalue weighted by Crippen LogP contribution is 2.26. The molecule has 0 aliphatic rings. The Labute approximate surface area is 184 Å². The van der Waals surface area contributed by atoms with Crippen molar-refractivity contribution in [2.75, 3.05) is 0 Å². The standard InChI is InChI=1S/C23H34N6S/c1-7-16(4)11-25-23(18(6)24)30-13-21-9-19(12-28-29-21)17(5)8-20-10-22(15(2)3)27-14-26-20/h9-12,14-17H,7-8,13,24H2,1-6H3/b23-18+,25-11-. The van der Waals surface area contributed by atoms with E-state index < -0.39 is 0 Å². The average molecular weight is 427 g/mol. The number of nitrogens with zero attached hydrogens (tertiary/aromatic N) is 5. The SMILES string of the molecule is CCC(C)/C=N\C(SCc1cc(C(C)Cc2cc(C(C)C)ncn2)cnn1)=C(\C)N. The Morgan fingerprint density at radius 2 is 1.93 bits per heavy atom. The van der Waals surface area contributed by atoms with Crippen LogP contribution in [0.4, 0.5) is 0 Å². The minimum atomic E-state index is 0.286. The summed E-state index contributed by atoms with van der Waals surface area (Å²) >= 11 is 1.60. The lowest BCUT2D eigenvalue weighted by molar-refractivity contribution is 0.715. The first-order valence-corrected chi connectivity index (χ1v) is 11.5. The zero-order valence-electron chi connectivity index (χ0n) is 19.0. The molecule has 162 valence electrons. The fourth-order valence-corrected chi connectivity index (χ4v) is 3.53. The van der Waals surface area contributed by atoms with Crippen LogP contribution in [0.15, 0.2) is 40.4 Å². The van der Waals surface area contributed by atoms with Gasteiger partial charge >= 0.3 is 0 Å². The molecule has 2 unspecified atom stereocenters. The molecule has 0 saturated heterocycles. The minimum Gasteiger partial charge on any atom is -0.400 e. The summed E-state index contributed by atoms with van der Waals surface area (Å²) in [4.78, 5) is 13.4. The van der Waals surface area contributed by atoms with Crippen LogP contribution < -0.4 is 5.73 Å². The minimum absolute atomic E-state index is 0.286. The topological polar surface area (TPSA) is 89.9 Å². The number of rotatable bonds is 10. The van der Waals surface area contributed by atoms with Gasteiger partial charge in [0.15, 0.2) is 0 Å². The van der Waals surface area contributed by atoms with E-state index in [0.29, 0.717) is 17.6 Å². The normalized spacial score (nSPS) is 14.8. The molecule has 0 aliphatic carbocycles. The number of nitrogens with two attached hydrogens (primary N) is 1. The van der Waals surface area contributed by atoms with E-state index in [2.05, 4.69) is 71.9 Å². The second-order valence-corrected chi connectivity index (χ2v) is 9.08. The Balaban J connectivity index is 2.05. The fourth-order valence-electron chi connectivity index (χ4n) is 2.74. The molecule has 2 rings (SSSR count). The summed E-state index contributed by atoms with van der Waals surface area (Å²) < 4.78 is 0. The highest BCUT2D eigenvalue weighted by Gasteiger charge is 2.12. The lowest BCUT2D eigenvalue weighted by Crippen LogP contribution is -2.05. The Hall–Kier alpha value is -2.28. The highest BCUT2D eigenvalue weighted by atomic mass is 32.2. The van der Waals surface area contributed by atoms with Crippen molar-refractivity contribution < 1.29 is 0 Å². The molecule has 0 amide bonds. The summed E-state index contributed by atoms with van der Waals surface area (Å²) in [6.07, 6.45) is 7.37. The van der Waals surface area contributed by atoms with E-state index in [4.69, 9.17) is 5.73 Å². The number of hydrogen-bond donors (Lipinski definition) is 1. The molecule has 0 fully saturated rings. The summed E-state index contributed by atoms with van der Waals surface area (Å²) in [5.41, 5.74) is 11.0. The van der Waals surface area contributed by atoms with Gasteiger partial charge in [-0.1, -0.05) is 46.4 Å². The molecule has 0 radical (unpaired) electrons. The molecule has 0 aliphatic heterocycles. The smallest absolute Gasteiger partial charge is 0.115 e. The number of allylic oxidation sites excluding steroid dienone is 1. The maximum Gasteiger partial charge on any atom is 0.115 e. The molecule has 2 aromatic heterocycles. The molecular weight excluding hydrogens is 392 g/mol. The number of aromatic nitrogens is 4. The van der Waals surface area contributed by atoms with E-state index in [0.717, 1.165) is 46.2 Å². The first kappa shape index (κ1) is 24.0. The van der Waals surface area contributed by atoms with E-state index in [1.807, 2.05) is 19.3 Å². The summed E-state index contributed by atoms with van der Waals surface area (Å²) in [5.74, 6) is 1.79. The van der Waals surface area contributed by atoms with E-state index >= 15 is 0 Å². The summed E-state index contributed by atoms with van der Waals surface area (Å²) in [5, 5.41) is 9.36. The zero-order valence-corrected chi connectivity index (χ0v) is 19.8. The third kappa shape index (κ3) is 7.52. The van der Waals surface area contributed by atoms with Crippen LogP contribution in [-0.4, -0.2) is 26.4 Å². The van der Waals surface area contributed by atoms with Crippen LogP contribution in [0.3, 0.4) is 0 Å². The molecule has 7 heteroatoms. The van der Waals surface area contributed by atoms with Gasteiger partial charge in [0.1, 0.15) is 11.4 Å². The Bertz CT molecular complexity index is 874. The predicted octanol–water partition coefficient (Wildman–Crippen LogP) is 5.23. The summed E-state index contributed by atoms with van der Waals surface area (Å²) in [6, 6.07) is 4.22. The van der Waals surface area contributed by atoms with Gasteiger partial charge in [0.25, 0.3) is 0 Å². The summed E-state index contributed by atoms with van der Waals surface area (Å²) in [7, 11) is 0. The van der Waals surface area contributed by atoms with Gasteiger partial charge in [-0.3, -0.25) is 4.99 Å². The van der Waals surface area contributed by atoms with Crippen LogP contribution in [0.1, 0.15) is 82.4 Å². The third-order valence-electron chi connectivity index (χ3n) is 4.93.